The molecule has 0 bridgehead atoms. The number of rotatable bonds is 4. The van der Waals surface area contributed by atoms with Gasteiger partial charge in [0.25, 0.3) is 0 Å². The predicted molar refractivity (Wildman–Crippen MR) is 84.0 cm³/mol. The maximum absolute atomic E-state index is 13.1. The second-order valence-corrected chi connectivity index (χ2v) is 7.07. The molecule has 20 heavy (non-hydrogen) atoms. The number of benzene rings is 1. The van der Waals surface area contributed by atoms with Gasteiger partial charge in [0.2, 0.25) is 0 Å². The van der Waals surface area contributed by atoms with E-state index in [1.807, 2.05) is 18.4 Å². The molecule has 0 amide bonds. The third kappa shape index (κ3) is 3.53. The summed E-state index contributed by atoms with van der Waals surface area (Å²) in [4.78, 5) is 0. The van der Waals surface area contributed by atoms with Gasteiger partial charge in [-0.05, 0) is 57.8 Å². The zero-order chi connectivity index (χ0) is 14.8. The van der Waals surface area contributed by atoms with Gasteiger partial charge in [-0.1, -0.05) is 25.1 Å². The highest BCUT2D eigenvalue weighted by Gasteiger charge is 2.35. The van der Waals surface area contributed by atoms with Crippen molar-refractivity contribution in [3.05, 3.63) is 55.3 Å². The number of hydrogen-bond donors (Lipinski definition) is 1. The molecular formula is C14H13F3INS. The van der Waals surface area contributed by atoms with Crippen LogP contribution in [0.4, 0.5) is 13.2 Å². The van der Waals surface area contributed by atoms with Crippen LogP contribution < -0.4 is 5.32 Å². The van der Waals surface area contributed by atoms with Crippen LogP contribution in [0, 0.1) is 2.88 Å². The smallest absolute Gasteiger partial charge is 0.306 e. The quantitative estimate of drug-likeness (QED) is 0.693. The Morgan fingerprint density at radius 2 is 2.00 bits per heavy atom. The van der Waals surface area contributed by atoms with E-state index in [1.54, 1.807) is 12.1 Å². The average Bonchev–Trinajstić information content (AvgIpc) is 2.81. The summed E-state index contributed by atoms with van der Waals surface area (Å²) in [6, 6.07) is 7.24. The topological polar surface area (TPSA) is 12.0 Å². The molecule has 2 aromatic rings. The van der Waals surface area contributed by atoms with E-state index in [2.05, 4.69) is 27.9 Å². The molecule has 1 N–H and O–H groups in total. The van der Waals surface area contributed by atoms with Crippen molar-refractivity contribution in [1.82, 2.24) is 5.32 Å². The fourth-order valence-electron chi connectivity index (χ4n) is 2.09. The zero-order valence-corrected chi connectivity index (χ0v) is 13.6. The molecular weight excluding hydrogens is 398 g/mol. The molecule has 1 unspecified atom stereocenters. The molecule has 0 aliphatic carbocycles. The van der Waals surface area contributed by atoms with Crippen molar-refractivity contribution in [2.24, 2.45) is 0 Å². The van der Waals surface area contributed by atoms with E-state index < -0.39 is 17.8 Å². The highest BCUT2D eigenvalue weighted by atomic mass is 127. The first-order valence-corrected chi connectivity index (χ1v) is 8.02. The average molecular weight is 411 g/mol. The molecule has 1 aromatic heterocycles. The minimum atomic E-state index is -4.34. The Labute approximate surface area is 133 Å². The summed E-state index contributed by atoms with van der Waals surface area (Å²) in [5.41, 5.74) is 0.571. The molecule has 0 saturated carbocycles. The molecule has 0 fully saturated rings. The number of halogens is 4. The molecule has 1 heterocycles. The Kier molecular flexibility index (Phi) is 5.09. The molecule has 0 aliphatic heterocycles. The lowest BCUT2D eigenvalue weighted by Crippen LogP contribution is -2.24. The Morgan fingerprint density at radius 3 is 2.55 bits per heavy atom. The van der Waals surface area contributed by atoms with Crippen molar-refractivity contribution in [1.29, 1.82) is 0 Å². The normalized spacial score (nSPS) is 13.4. The number of thiophene rings is 1. The standard InChI is InChI=1S/C14H13F3INS/c1-2-19-13(9-7-12(18)20-8-9)10-5-3-4-6-11(10)14(15,16)17/h3-8,13,19H,2H2,1H3. The first kappa shape index (κ1) is 15.8. The lowest BCUT2D eigenvalue weighted by Gasteiger charge is -2.21. The second-order valence-electron chi connectivity index (χ2n) is 4.26. The molecule has 0 aliphatic rings. The van der Waals surface area contributed by atoms with Gasteiger partial charge >= 0.3 is 6.18 Å². The molecule has 0 spiro atoms. The van der Waals surface area contributed by atoms with Crippen LogP contribution >= 0.6 is 33.9 Å². The van der Waals surface area contributed by atoms with Crippen LogP contribution in [0.1, 0.15) is 29.7 Å². The molecule has 1 atom stereocenters. The van der Waals surface area contributed by atoms with E-state index in [9.17, 15) is 13.2 Å². The summed E-state index contributed by atoms with van der Waals surface area (Å²) in [5.74, 6) is 0. The van der Waals surface area contributed by atoms with Crippen molar-refractivity contribution in [3.8, 4) is 0 Å². The minimum Gasteiger partial charge on any atom is -0.306 e. The van der Waals surface area contributed by atoms with E-state index in [0.29, 0.717) is 6.54 Å². The Morgan fingerprint density at radius 1 is 1.30 bits per heavy atom. The highest BCUT2D eigenvalue weighted by Crippen LogP contribution is 2.37. The Bertz CT molecular complexity index is 580. The fourth-order valence-corrected chi connectivity index (χ4v) is 3.49. The van der Waals surface area contributed by atoms with Crippen molar-refractivity contribution < 1.29 is 13.2 Å². The van der Waals surface area contributed by atoms with Gasteiger partial charge in [-0.3, -0.25) is 0 Å². The largest absolute Gasteiger partial charge is 0.416 e. The highest BCUT2D eigenvalue weighted by molar-refractivity contribution is 14.1. The van der Waals surface area contributed by atoms with Gasteiger partial charge in [0, 0.05) is 0 Å². The number of nitrogens with one attached hydrogen (secondary N) is 1. The SMILES string of the molecule is CCNC(c1csc(I)c1)c1ccccc1C(F)(F)F. The summed E-state index contributed by atoms with van der Waals surface area (Å²) in [5, 5.41) is 5.05. The molecule has 1 aromatic carbocycles. The third-order valence-electron chi connectivity index (χ3n) is 2.91. The number of alkyl halides is 3. The van der Waals surface area contributed by atoms with E-state index in [-0.39, 0.29) is 5.56 Å². The maximum atomic E-state index is 13.1. The summed E-state index contributed by atoms with van der Waals surface area (Å²) >= 11 is 3.71. The summed E-state index contributed by atoms with van der Waals surface area (Å²) in [7, 11) is 0. The van der Waals surface area contributed by atoms with Gasteiger partial charge in [0.15, 0.2) is 0 Å². The van der Waals surface area contributed by atoms with Crippen LogP contribution in [0.3, 0.4) is 0 Å². The molecule has 1 nitrogen and oxygen atoms in total. The van der Waals surface area contributed by atoms with Crippen LogP contribution in [0.2, 0.25) is 0 Å². The second kappa shape index (κ2) is 6.44. The first-order valence-electron chi connectivity index (χ1n) is 6.07. The van der Waals surface area contributed by atoms with E-state index in [1.165, 1.54) is 17.4 Å². The van der Waals surface area contributed by atoms with Crippen LogP contribution in [-0.4, -0.2) is 6.54 Å². The van der Waals surface area contributed by atoms with Gasteiger partial charge in [0.05, 0.1) is 14.5 Å². The van der Waals surface area contributed by atoms with Gasteiger partial charge in [-0.2, -0.15) is 13.2 Å². The van der Waals surface area contributed by atoms with Crippen LogP contribution in [0.15, 0.2) is 35.7 Å². The number of hydrogen-bond acceptors (Lipinski definition) is 2. The van der Waals surface area contributed by atoms with Crippen molar-refractivity contribution in [3.63, 3.8) is 0 Å². The molecule has 0 radical (unpaired) electrons. The van der Waals surface area contributed by atoms with Gasteiger partial charge in [0.1, 0.15) is 0 Å². The van der Waals surface area contributed by atoms with E-state index in [4.69, 9.17) is 0 Å². The van der Waals surface area contributed by atoms with Gasteiger partial charge < -0.3 is 5.32 Å². The molecule has 108 valence electrons. The molecule has 2 rings (SSSR count). The minimum absolute atomic E-state index is 0.274. The maximum Gasteiger partial charge on any atom is 0.416 e. The van der Waals surface area contributed by atoms with Crippen LogP contribution in [0.25, 0.3) is 0 Å². The van der Waals surface area contributed by atoms with Crippen molar-refractivity contribution in [2.45, 2.75) is 19.1 Å². The summed E-state index contributed by atoms with van der Waals surface area (Å²) < 4.78 is 40.5. The zero-order valence-electron chi connectivity index (χ0n) is 10.7. The predicted octanol–water partition coefficient (Wildman–Crippen LogP) is 5.07. The van der Waals surface area contributed by atoms with Crippen molar-refractivity contribution >= 4 is 33.9 Å². The Balaban J connectivity index is 2.50. The lowest BCUT2D eigenvalue weighted by atomic mass is 9.96. The molecule has 0 saturated heterocycles. The Hall–Kier alpha value is -0.600. The summed E-state index contributed by atoms with van der Waals surface area (Å²) in [6.45, 7) is 2.49. The molecule has 6 heteroatoms. The van der Waals surface area contributed by atoms with Crippen LogP contribution in [0.5, 0.6) is 0 Å². The third-order valence-corrected chi connectivity index (χ3v) is 4.71. The van der Waals surface area contributed by atoms with Crippen LogP contribution in [-0.2, 0) is 6.18 Å². The van der Waals surface area contributed by atoms with E-state index >= 15 is 0 Å². The summed E-state index contributed by atoms with van der Waals surface area (Å²) in [6.07, 6.45) is -4.34. The fraction of sp³-hybridized carbons (Fsp3) is 0.286. The van der Waals surface area contributed by atoms with Crippen molar-refractivity contribution in [2.75, 3.05) is 6.54 Å². The monoisotopic (exact) mass is 411 g/mol. The van der Waals surface area contributed by atoms with Gasteiger partial charge in [-0.15, -0.1) is 11.3 Å². The van der Waals surface area contributed by atoms with Gasteiger partial charge in [-0.25, -0.2) is 0 Å². The van der Waals surface area contributed by atoms with E-state index in [0.717, 1.165) is 14.5 Å². The first-order chi connectivity index (χ1) is 9.43. The lowest BCUT2D eigenvalue weighted by molar-refractivity contribution is -0.138.